The Hall–Kier alpha value is -1.88. The zero-order valence-corrected chi connectivity index (χ0v) is 10.8. The topological polar surface area (TPSA) is 60.2 Å². The quantitative estimate of drug-likeness (QED) is 0.879. The van der Waals surface area contributed by atoms with Crippen molar-refractivity contribution in [3.8, 4) is 11.4 Å². The first-order valence-corrected chi connectivity index (χ1v) is 5.85. The number of aryl methyl sites for hydroxylation is 1. The summed E-state index contributed by atoms with van der Waals surface area (Å²) in [6.45, 7) is 4.61. The molecule has 0 amide bonds. The minimum Gasteiger partial charge on any atom is -0.383 e. The summed E-state index contributed by atoms with van der Waals surface area (Å²) in [5, 5.41) is 7.02. The van der Waals surface area contributed by atoms with Crippen LogP contribution < -0.4 is 5.32 Å². The third kappa shape index (κ3) is 3.07. The highest BCUT2D eigenvalue weighted by Gasteiger charge is 2.10. The lowest BCUT2D eigenvalue weighted by Crippen LogP contribution is -2.20. The Labute approximate surface area is 106 Å². The van der Waals surface area contributed by atoms with Crippen LogP contribution in [0.25, 0.3) is 11.4 Å². The number of hydrogen-bond donors (Lipinski definition) is 1. The van der Waals surface area contributed by atoms with Crippen LogP contribution in [-0.4, -0.2) is 29.9 Å². The van der Waals surface area contributed by atoms with Gasteiger partial charge in [-0.15, -0.1) is 0 Å². The molecule has 1 atom stereocenters. The highest BCUT2D eigenvalue weighted by molar-refractivity contribution is 5.55. The van der Waals surface area contributed by atoms with E-state index in [1.165, 1.54) is 5.56 Å². The molecule has 1 aromatic heterocycles. The molecule has 5 heteroatoms. The molecule has 5 nitrogen and oxygen atoms in total. The number of benzene rings is 1. The Morgan fingerprint density at radius 3 is 2.72 bits per heavy atom. The van der Waals surface area contributed by atoms with Crippen LogP contribution in [0.1, 0.15) is 12.5 Å². The fraction of sp³-hybridized carbons (Fsp3) is 0.385. The van der Waals surface area contributed by atoms with E-state index in [-0.39, 0.29) is 6.04 Å². The van der Waals surface area contributed by atoms with Crippen LogP contribution >= 0.6 is 0 Å². The first kappa shape index (κ1) is 12.6. The van der Waals surface area contributed by atoms with Gasteiger partial charge in [-0.3, -0.25) is 0 Å². The van der Waals surface area contributed by atoms with Crippen LogP contribution in [0.5, 0.6) is 0 Å². The van der Waals surface area contributed by atoms with Crippen LogP contribution in [0.4, 0.5) is 6.01 Å². The van der Waals surface area contributed by atoms with Gasteiger partial charge in [-0.2, -0.15) is 4.98 Å². The van der Waals surface area contributed by atoms with Gasteiger partial charge in [0.2, 0.25) is 5.82 Å². The van der Waals surface area contributed by atoms with Gasteiger partial charge in [0.1, 0.15) is 0 Å². The lowest BCUT2D eigenvalue weighted by atomic mass is 10.1. The molecule has 0 aliphatic rings. The molecule has 1 aromatic carbocycles. The summed E-state index contributed by atoms with van der Waals surface area (Å²) in [6.07, 6.45) is 0. The van der Waals surface area contributed by atoms with Crippen molar-refractivity contribution in [2.45, 2.75) is 19.9 Å². The van der Waals surface area contributed by atoms with Gasteiger partial charge in [0.15, 0.2) is 0 Å². The standard InChI is InChI=1S/C13H17N3O2/c1-9-4-6-11(7-5-9)12-15-13(18-16-12)14-10(2)8-17-3/h4-7,10H,8H2,1-3H3,(H,14,15,16)/t10-/m1/s1. The van der Waals surface area contributed by atoms with Crippen LogP contribution in [0.2, 0.25) is 0 Å². The normalized spacial score (nSPS) is 12.4. The molecule has 0 bridgehead atoms. The smallest absolute Gasteiger partial charge is 0.322 e. The fourth-order valence-corrected chi connectivity index (χ4v) is 1.60. The summed E-state index contributed by atoms with van der Waals surface area (Å²) in [7, 11) is 1.66. The predicted octanol–water partition coefficient (Wildman–Crippen LogP) is 2.49. The summed E-state index contributed by atoms with van der Waals surface area (Å²) in [5.41, 5.74) is 2.14. The van der Waals surface area contributed by atoms with Crippen molar-refractivity contribution in [1.82, 2.24) is 10.1 Å². The maximum atomic E-state index is 5.14. The average Bonchev–Trinajstić information content (AvgIpc) is 2.78. The minimum atomic E-state index is 0.126. The fourth-order valence-electron chi connectivity index (χ4n) is 1.60. The molecular weight excluding hydrogens is 230 g/mol. The maximum absolute atomic E-state index is 5.14. The number of aromatic nitrogens is 2. The molecule has 18 heavy (non-hydrogen) atoms. The van der Waals surface area contributed by atoms with Crippen molar-refractivity contribution in [3.63, 3.8) is 0 Å². The molecule has 0 spiro atoms. The van der Waals surface area contributed by atoms with Gasteiger partial charge in [0.05, 0.1) is 12.6 Å². The largest absolute Gasteiger partial charge is 0.383 e. The van der Waals surface area contributed by atoms with E-state index in [4.69, 9.17) is 9.26 Å². The molecule has 0 saturated carbocycles. The van der Waals surface area contributed by atoms with E-state index in [1.54, 1.807) is 7.11 Å². The molecule has 0 radical (unpaired) electrons. The lowest BCUT2D eigenvalue weighted by Gasteiger charge is -2.08. The molecule has 0 aliphatic heterocycles. The van der Waals surface area contributed by atoms with E-state index in [0.29, 0.717) is 18.4 Å². The highest BCUT2D eigenvalue weighted by atomic mass is 16.5. The second kappa shape index (κ2) is 5.64. The number of ether oxygens (including phenoxy) is 1. The van der Waals surface area contributed by atoms with Crippen molar-refractivity contribution in [2.24, 2.45) is 0 Å². The number of nitrogens with zero attached hydrogens (tertiary/aromatic N) is 2. The Kier molecular flexibility index (Phi) is 3.94. The minimum absolute atomic E-state index is 0.126. The molecule has 1 N–H and O–H groups in total. The van der Waals surface area contributed by atoms with Crippen LogP contribution in [0.15, 0.2) is 28.8 Å². The van der Waals surface area contributed by atoms with E-state index >= 15 is 0 Å². The van der Waals surface area contributed by atoms with E-state index in [1.807, 2.05) is 38.1 Å². The van der Waals surface area contributed by atoms with Gasteiger partial charge in [-0.25, -0.2) is 0 Å². The van der Waals surface area contributed by atoms with E-state index in [9.17, 15) is 0 Å². The summed E-state index contributed by atoms with van der Waals surface area (Å²) >= 11 is 0. The molecule has 0 saturated heterocycles. The van der Waals surface area contributed by atoms with Crippen molar-refractivity contribution in [2.75, 3.05) is 19.0 Å². The number of nitrogens with one attached hydrogen (secondary N) is 1. The van der Waals surface area contributed by atoms with E-state index < -0.39 is 0 Å². The van der Waals surface area contributed by atoms with Gasteiger partial charge in [0.25, 0.3) is 0 Å². The lowest BCUT2D eigenvalue weighted by molar-refractivity contribution is 0.189. The van der Waals surface area contributed by atoms with Crippen molar-refractivity contribution < 1.29 is 9.26 Å². The number of anilines is 1. The molecule has 2 aromatic rings. The Balaban J connectivity index is 2.08. The Morgan fingerprint density at radius 2 is 2.06 bits per heavy atom. The SMILES string of the molecule is COC[C@@H](C)Nc1nc(-c2ccc(C)cc2)no1. The maximum Gasteiger partial charge on any atom is 0.322 e. The third-order valence-electron chi connectivity index (χ3n) is 2.52. The van der Waals surface area contributed by atoms with Crippen LogP contribution in [-0.2, 0) is 4.74 Å². The molecular formula is C13H17N3O2. The van der Waals surface area contributed by atoms with Crippen molar-refractivity contribution >= 4 is 6.01 Å². The van der Waals surface area contributed by atoms with Crippen molar-refractivity contribution in [1.29, 1.82) is 0 Å². The van der Waals surface area contributed by atoms with Gasteiger partial charge < -0.3 is 14.6 Å². The van der Waals surface area contributed by atoms with Gasteiger partial charge in [-0.1, -0.05) is 35.0 Å². The molecule has 0 fully saturated rings. The third-order valence-corrected chi connectivity index (χ3v) is 2.52. The van der Waals surface area contributed by atoms with Crippen LogP contribution in [0.3, 0.4) is 0 Å². The Bertz CT molecular complexity index is 493. The second-order valence-electron chi connectivity index (χ2n) is 4.29. The predicted molar refractivity (Wildman–Crippen MR) is 69.4 cm³/mol. The first-order valence-electron chi connectivity index (χ1n) is 5.85. The monoisotopic (exact) mass is 247 g/mol. The van der Waals surface area contributed by atoms with E-state index in [0.717, 1.165) is 5.56 Å². The summed E-state index contributed by atoms with van der Waals surface area (Å²) < 4.78 is 10.2. The average molecular weight is 247 g/mol. The Morgan fingerprint density at radius 1 is 1.33 bits per heavy atom. The number of methoxy groups -OCH3 is 1. The summed E-state index contributed by atoms with van der Waals surface area (Å²) in [6, 6.07) is 8.53. The van der Waals surface area contributed by atoms with Gasteiger partial charge in [-0.05, 0) is 13.8 Å². The first-order chi connectivity index (χ1) is 8.69. The zero-order valence-electron chi connectivity index (χ0n) is 10.8. The summed E-state index contributed by atoms with van der Waals surface area (Å²) in [5.74, 6) is 0.585. The van der Waals surface area contributed by atoms with Gasteiger partial charge >= 0.3 is 6.01 Å². The van der Waals surface area contributed by atoms with Gasteiger partial charge in [0, 0.05) is 12.7 Å². The van der Waals surface area contributed by atoms with E-state index in [2.05, 4.69) is 15.5 Å². The summed E-state index contributed by atoms with van der Waals surface area (Å²) in [4.78, 5) is 4.29. The molecule has 0 aliphatic carbocycles. The second-order valence-corrected chi connectivity index (χ2v) is 4.29. The number of hydrogen-bond acceptors (Lipinski definition) is 5. The van der Waals surface area contributed by atoms with Crippen LogP contribution in [0, 0.1) is 6.92 Å². The molecule has 96 valence electrons. The molecule has 1 heterocycles. The molecule has 2 rings (SSSR count). The number of rotatable bonds is 5. The highest BCUT2D eigenvalue weighted by Crippen LogP contribution is 2.18. The van der Waals surface area contributed by atoms with Crippen molar-refractivity contribution in [3.05, 3.63) is 29.8 Å². The molecule has 0 unspecified atom stereocenters. The zero-order chi connectivity index (χ0) is 13.0.